The largest absolute Gasteiger partial charge is 0.384 e. The summed E-state index contributed by atoms with van der Waals surface area (Å²) in [6, 6.07) is 13.7. The molecule has 3 aromatic rings. The van der Waals surface area contributed by atoms with Gasteiger partial charge in [-0.3, -0.25) is 21.9 Å². The Morgan fingerprint density at radius 1 is 1.12 bits per heavy atom. The van der Waals surface area contributed by atoms with Crippen LogP contribution in [0.15, 0.2) is 42.5 Å². The van der Waals surface area contributed by atoms with Crippen LogP contribution in [0.5, 0.6) is 0 Å². The van der Waals surface area contributed by atoms with Crippen LogP contribution in [0, 0.1) is 5.41 Å². The van der Waals surface area contributed by atoms with Gasteiger partial charge in [0.1, 0.15) is 12.4 Å². The Bertz CT molecular complexity index is 912. The highest BCUT2D eigenvalue weighted by molar-refractivity contribution is 6.11. The van der Waals surface area contributed by atoms with Crippen molar-refractivity contribution in [3.63, 3.8) is 0 Å². The van der Waals surface area contributed by atoms with Gasteiger partial charge in [0.05, 0.1) is 0 Å². The van der Waals surface area contributed by atoms with Crippen molar-refractivity contribution in [2.75, 3.05) is 0 Å². The molecular formula is C18H24N6O. The number of carbonyl (C=O) groups is 1. The molecule has 7 heteroatoms. The van der Waals surface area contributed by atoms with E-state index in [0.717, 1.165) is 21.8 Å². The molecule has 0 saturated carbocycles. The fourth-order valence-electron chi connectivity index (χ4n) is 2.90. The Morgan fingerprint density at radius 2 is 1.76 bits per heavy atom. The van der Waals surface area contributed by atoms with Gasteiger partial charge in [0.25, 0.3) is 0 Å². The van der Waals surface area contributed by atoms with E-state index in [1.807, 2.05) is 60.9 Å². The van der Waals surface area contributed by atoms with E-state index in [1.165, 1.54) is 0 Å². The van der Waals surface area contributed by atoms with Gasteiger partial charge in [-0.1, -0.05) is 18.2 Å². The Morgan fingerprint density at radius 3 is 2.40 bits per heavy atom. The number of carbonyl (C=O) groups excluding carboxylic acids is 1. The summed E-state index contributed by atoms with van der Waals surface area (Å²) in [6.45, 7) is 4.16. The van der Waals surface area contributed by atoms with E-state index in [1.54, 1.807) is 0 Å². The number of nitrogens with two attached hydrogens (primary N) is 3. The monoisotopic (exact) mass is 340 g/mol. The summed E-state index contributed by atoms with van der Waals surface area (Å²) < 4.78 is 2.01. The molecule has 0 radical (unpaired) electrons. The van der Waals surface area contributed by atoms with E-state index in [-0.39, 0.29) is 24.3 Å². The molecule has 0 aliphatic carbocycles. The van der Waals surface area contributed by atoms with Crippen molar-refractivity contribution < 1.29 is 4.79 Å². The number of hydrogen-bond donors (Lipinski definition) is 5. The Kier molecular flexibility index (Phi) is 5.74. The quantitative estimate of drug-likeness (QED) is 0.212. The summed E-state index contributed by atoms with van der Waals surface area (Å²) >= 11 is 0. The van der Waals surface area contributed by atoms with Crippen molar-refractivity contribution in [2.45, 2.75) is 26.4 Å². The topological polar surface area (TPSA) is 136 Å². The minimum Gasteiger partial charge on any atom is -0.384 e. The summed E-state index contributed by atoms with van der Waals surface area (Å²) in [5.74, 6) is 8.03. The lowest BCUT2D eigenvalue weighted by Crippen LogP contribution is -2.33. The normalized spacial score (nSPS) is 10.6. The first kappa shape index (κ1) is 18.4. The molecule has 1 heterocycles. The zero-order valence-electron chi connectivity index (χ0n) is 14.4. The number of hydrogen-bond acceptors (Lipinski definition) is 4. The van der Waals surface area contributed by atoms with Gasteiger partial charge in [-0.2, -0.15) is 0 Å². The maximum atomic E-state index is 12.2. The third kappa shape index (κ3) is 3.78. The zero-order valence-corrected chi connectivity index (χ0v) is 14.4. The van der Waals surface area contributed by atoms with Crippen LogP contribution < -0.4 is 22.7 Å². The number of aromatic nitrogens is 1. The van der Waals surface area contributed by atoms with Crippen LogP contribution in [-0.2, 0) is 11.3 Å². The minimum absolute atomic E-state index is 0.0155. The first-order valence-corrected chi connectivity index (χ1v) is 7.95. The van der Waals surface area contributed by atoms with Crippen LogP contribution in [0.1, 0.15) is 19.4 Å². The van der Waals surface area contributed by atoms with Gasteiger partial charge in [-0.15, -0.1) is 0 Å². The van der Waals surface area contributed by atoms with Gasteiger partial charge >= 0.3 is 0 Å². The number of fused-ring (bicyclic) bond motifs is 3. The summed E-state index contributed by atoms with van der Waals surface area (Å²) in [5, 5.41) is 12.6. The molecule has 0 fully saturated rings. The Hall–Kier alpha value is -2.90. The fourth-order valence-corrected chi connectivity index (χ4v) is 2.90. The molecule has 0 aliphatic heterocycles. The average Bonchev–Trinajstić information content (AvgIpc) is 2.90. The molecule has 3 rings (SSSR count). The van der Waals surface area contributed by atoms with Crippen molar-refractivity contribution in [3.8, 4) is 0 Å². The van der Waals surface area contributed by atoms with E-state index in [2.05, 4.69) is 17.0 Å². The summed E-state index contributed by atoms with van der Waals surface area (Å²) in [7, 11) is 0. The molecule has 7 nitrogen and oxygen atoms in total. The third-order valence-corrected chi connectivity index (χ3v) is 3.83. The van der Waals surface area contributed by atoms with Gasteiger partial charge in [0.2, 0.25) is 5.91 Å². The minimum atomic E-state index is -0.0155. The van der Waals surface area contributed by atoms with Gasteiger partial charge in [-0.25, -0.2) is 0 Å². The molecule has 0 spiro atoms. The van der Waals surface area contributed by atoms with E-state index in [0.29, 0.717) is 5.56 Å². The van der Waals surface area contributed by atoms with Crippen LogP contribution in [0.4, 0.5) is 0 Å². The van der Waals surface area contributed by atoms with Crippen LogP contribution in [0.25, 0.3) is 21.8 Å². The second-order valence-electron chi connectivity index (χ2n) is 5.97. The number of nitrogen functional groups attached to an aromatic ring is 1. The van der Waals surface area contributed by atoms with Crippen LogP contribution in [0.3, 0.4) is 0 Å². The standard InChI is InChI=1S/C18H20N4O.H4N2/c1-11(2)21-17(23)10-22-15-6-4-3-5-13(15)14-9-12(18(19)20)7-8-16(14)22;1-2/h3-9,11H,10H2,1-2H3,(H3,19,20)(H,21,23);1-2H2. The van der Waals surface area contributed by atoms with Gasteiger partial charge in [0, 0.05) is 33.4 Å². The third-order valence-electron chi connectivity index (χ3n) is 3.83. The maximum Gasteiger partial charge on any atom is 0.240 e. The van der Waals surface area contributed by atoms with Crippen molar-refractivity contribution >= 4 is 33.5 Å². The number of amides is 1. The molecule has 0 atom stereocenters. The molecule has 0 bridgehead atoms. The average molecular weight is 340 g/mol. The molecule has 25 heavy (non-hydrogen) atoms. The molecule has 1 aromatic heterocycles. The number of benzene rings is 2. The van der Waals surface area contributed by atoms with Crippen LogP contribution in [0.2, 0.25) is 0 Å². The molecule has 0 unspecified atom stereocenters. The fraction of sp³-hybridized carbons (Fsp3) is 0.222. The number of nitrogens with zero attached hydrogens (tertiary/aromatic N) is 1. The van der Waals surface area contributed by atoms with Gasteiger partial charge in [0.15, 0.2) is 0 Å². The predicted octanol–water partition coefficient (Wildman–Crippen LogP) is 1.42. The second kappa shape index (κ2) is 7.78. The molecule has 1 amide bonds. The lowest BCUT2D eigenvalue weighted by atomic mass is 10.1. The number of rotatable bonds is 4. The van der Waals surface area contributed by atoms with E-state index >= 15 is 0 Å². The predicted molar refractivity (Wildman–Crippen MR) is 102 cm³/mol. The summed E-state index contributed by atoms with van der Waals surface area (Å²) in [6.07, 6.45) is 0. The lowest BCUT2D eigenvalue weighted by Gasteiger charge is -2.11. The van der Waals surface area contributed by atoms with Gasteiger partial charge < -0.3 is 15.6 Å². The van der Waals surface area contributed by atoms with Crippen molar-refractivity contribution in [1.29, 1.82) is 5.41 Å². The van der Waals surface area contributed by atoms with Crippen LogP contribution >= 0.6 is 0 Å². The lowest BCUT2D eigenvalue weighted by molar-refractivity contribution is -0.122. The SMILES string of the molecule is CC(C)NC(=O)Cn1c2ccccc2c2cc(C(=N)N)ccc21.NN. The van der Waals surface area contributed by atoms with Crippen molar-refractivity contribution in [2.24, 2.45) is 17.4 Å². The zero-order chi connectivity index (χ0) is 18.6. The van der Waals surface area contributed by atoms with Crippen LogP contribution in [-0.4, -0.2) is 22.4 Å². The van der Waals surface area contributed by atoms with Gasteiger partial charge in [-0.05, 0) is 38.1 Å². The number of para-hydroxylation sites is 1. The summed E-state index contributed by atoms with van der Waals surface area (Å²) in [4.78, 5) is 12.2. The molecule has 2 aromatic carbocycles. The highest BCUT2D eigenvalue weighted by Gasteiger charge is 2.14. The Balaban J connectivity index is 0.00000109. The van der Waals surface area contributed by atoms with Crippen molar-refractivity contribution in [1.82, 2.24) is 9.88 Å². The van der Waals surface area contributed by atoms with E-state index < -0.39 is 0 Å². The molecular weight excluding hydrogens is 316 g/mol. The number of amidine groups is 1. The highest BCUT2D eigenvalue weighted by Crippen LogP contribution is 2.29. The van der Waals surface area contributed by atoms with E-state index in [4.69, 9.17) is 11.1 Å². The smallest absolute Gasteiger partial charge is 0.240 e. The van der Waals surface area contributed by atoms with E-state index in [9.17, 15) is 4.79 Å². The second-order valence-corrected chi connectivity index (χ2v) is 5.97. The number of nitrogens with one attached hydrogen (secondary N) is 2. The molecule has 0 saturated heterocycles. The first-order valence-electron chi connectivity index (χ1n) is 7.95. The molecule has 8 N–H and O–H groups in total. The molecule has 0 aliphatic rings. The summed E-state index contributed by atoms with van der Waals surface area (Å²) in [5.41, 5.74) is 8.26. The number of hydrazine groups is 1. The first-order chi connectivity index (χ1) is 12.0. The Labute approximate surface area is 146 Å². The molecule has 132 valence electrons. The highest BCUT2D eigenvalue weighted by atomic mass is 16.2. The maximum absolute atomic E-state index is 12.2. The van der Waals surface area contributed by atoms with Crippen molar-refractivity contribution in [3.05, 3.63) is 48.0 Å².